The van der Waals surface area contributed by atoms with Gasteiger partial charge in [-0.15, -0.1) is 0 Å². The Balaban J connectivity index is 2.28. The Morgan fingerprint density at radius 3 is 2.19 bits per heavy atom. The summed E-state index contributed by atoms with van der Waals surface area (Å²) < 4.78 is 16.0. The highest BCUT2D eigenvalue weighted by molar-refractivity contribution is 5.74. The standard InChI is InChI=1S/C15H25NO11/c1-4-8(19)11(22)12(13(25-4)14(23)24)27-15-7(16-5(2)18)10(21)9(20)6(3-17)26-15/h4,6-13,15,17,19-22H,3H2,1-2H3,(H,16,18)(H,23,24)/t4-,6?,7?,8?,9-,10+,11+,12+,13?,15-/m0/s1. The number of carbonyl (C=O) groups excluding carboxylic acids is 1. The number of amides is 1. The minimum atomic E-state index is -1.67. The van der Waals surface area contributed by atoms with Gasteiger partial charge in [-0.25, -0.2) is 4.79 Å². The van der Waals surface area contributed by atoms with Crippen LogP contribution in [-0.4, -0.2) is 110 Å². The van der Waals surface area contributed by atoms with Gasteiger partial charge in [0.2, 0.25) is 5.91 Å². The van der Waals surface area contributed by atoms with Crippen molar-refractivity contribution < 1.29 is 54.4 Å². The van der Waals surface area contributed by atoms with E-state index in [1.165, 1.54) is 6.92 Å². The van der Waals surface area contributed by atoms with Crippen LogP contribution < -0.4 is 5.32 Å². The molecule has 27 heavy (non-hydrogen) atoms. The second-order valence-corrected chi connectivity index (χ2v) is 6.61. The van der Waals surface area contributed by atoms with E-state index in [0.717, 1.165) is 6.92 Å². The van der Waals surface area contributed by atoms with Gasteiger partial charge < -0.3 is 50.2 Å². The second-order valence-electron chi connectivity index (χ2n) is 6.61. The van der Waals surface area contributed by atoms with Crippen molar-refractivity contribution in [2.75, 3.05) is 6.61 Å². The third-order valence-electron chi connectivity index (χ3n) is 4.61. The summed E-state index contributed by atoms with van der Waals surface area (Å²) in [5.74, 6) is -2.07. The average Bonchev–Trinajstić information content (AvgIpc) is 2.60. The van der Waals surface area contributed by atoms with Crippen molar-refractivity contribution in [2.45, 2.75) is 75.0 Å². The van der Waals surface area contributed by atoms with Gasteiger partial charge in [-0.05, 0) is 6.92 Å². The molecule has 2 aliphatic rings. The summed E-state index contributed by atoms with van der Waals surface area (Å²) in [7, 11) is 0. The predicted molar refractivity (Wildman–Crippen MR) is 84.2 cm³/mol. The van der Waals surface area contributed by atoms with Crippen LogP contribution in [0.25, 0.3) is 0 Å². The summed E-state index contributed by atoms with van der Waals surface area (Å²) in [6, 6.07) is -1.33. The Morgan fingerprint density at radius 2 is 1.67 bits per heavy atom. The van der Waals surface area contributed by atoms with Crippen LogP contribution in [0, 0.1) is 0 Å². The number of carboxylic acids is 1. The van der Waals surface area contributed by atoms with Crippen molar-refractivity contribution in [2.24, 2.45) is 0 Å². The van der Waals surface area contributed by atoms with Crippen molar-refractivity contribution in [3.8, 4) is 0 Å². The Bertz CT molecular complexity index is 546. The summed E-state index contributed by atoms with van der Waals surface area (Å²) in [5, 5.41) is 61.3. The van der Waals surface area contributed by atoms with Gasteiger partial charge in [-0.3, -0.25) is 4.79 Å². The van der Waals surface area contributed by atoms with Crippen LogP contribution in [0.4, 0.5) is 0 Å². The van der Waals surface area contributed by atoms with E-state index in [1.54, 1.807) is 0 Å². The maximum Gasteiger partial charge on any atom is 0.335 e. The average molecular weight is 395 g/mol. The molecule has 1 amide bonds. The first-order valence-electron chi connectivity index (χ1n) is 8.37. The van der Waals surface area contributed by atoms with E-state index in [9.17, 15) is 40.2 Å². The summed E-state index contributed by atoms with van der Waals surface area (Å²) in [6.07, 6.45) is -13.4. The molecule has 2 saturated heterocycles. The molecule has 2 fully saturated rings. The van der Waals surface area contributed by atoms with Gasteiger partial charge in [0.15, 0.2) is 12.4 Å². The van der Waals surface area contributed by atoms with Crippen molar-refractivity contribution >= 4 is 11.9 Å². The van der Waals surface area contributed by atoms with Crippen molar-refractivity contribution in [1.82, 2.24) is 5.32 Å². The first-order chi connectivity index (χ1) is 12.6. The van der Waals surface area contributed by atoms with Crippen LogP contribution in [0.2, 0.25) is 0 Å². The van der Waals surface area contributed by atoms with E-state index >= 15 is 0 Å². The number of hydrogen-bond donors (Lipinski definition) is 7. The molecule has 0 aliphatic carbocycles. The van der Waals surface area contributed by atoms with Gasteiger partial charge >= 0.3 is 5.97 Å². The molecule has 0 aromatic carbocycles. The van der Waals surface area contributed by atoms with E-state index < -0.39 is 79.6 Å². The number of carbonyl (C=O) groups is 2. The molecule has 0 radical (unpaired) electrons. The lowest BCUT2D eigenvalue weighted by Gasteiger charge is -2.46. The number of hydrogen-bond acceptors (Lipinski definition) is 10. The van der Waals surface area contributed by atoms with Gasteiger partial charge in [-0.2, -0.15) is 0 Å². The Morgan fingerprint density at radius 1 is 1.04 bits per heavy atom. The van der Waals surface area contributed by atoms with E-state index in [2.05, 4.69) is 5.32 Å². The molecule has 12 nitrogen and oxygen atoms in total. The van der Waals surface area contributed by atoms with Gasteiger partial charge in [-0.1, -0.05) is 0 Å². The Labute approximate surface area is 154 Å². The van der Waals surface area contributed by atoms with Gasteiger partial charge in [0.25, 0.3) is 0 Å². The van der Waals surface area contributed by atoms with Crippen LogP contribution in [0.15, 0.2) is 0 Å². The quantitative estimate of drug-likeness (QED) is 0.239. The van der Waals surface area contributed by atoms with Crippen molar-refractivity contribution in [1.29, 1.82) is 0 Å². The molecule has 12 heteroatoms. The van der Waals surface area contributed by atoms with Gasteiger partial charge in [0.05, 0.1) is 12.7 Å². The number of rotatable bonds is 5. The first kappa shape index (κ1) is 21.9. The molecular formula is C15H25NO11. The van der Waals surface area contributed by atoms with E-state index in [0.29, 0.717) is 0 Å². The first-order valence-corrected chi connectivity index (χ1v) is 8.37. The largest absolute Gasteiger partial charge is 0.479 e. The fourth-order valence-electron chi connectivity index (χ4n) is 3.13. The third-order valence-corrected chi connectivity index (χ3v) is 4.61. The topological polar surface area (TPSA) is 195 Å². The number of nitrogens with one attached hydrogen (secondary N) is 1. The summed E-state index contributed by atoms with van der Waals surface area (Å²) in [5.41, 5.74) is 0. The molecule has 2 rings (SSSR count). The van der Waals surface area contributed by atoms with Crippen LogP contribution >= 0.6 is 0 Å². The van der Waals surface area contributed by atoms with Crippen molar-refractivity contribution in [3.63, 3.8) is 0 Å². The SMILES string of the molecule is CC(=O)NC1[C@H](O[C@H]2C(C(=O)O)O[C@@H](C)C(O)[C@H]2O)OC(CO)[C@H](O)[C@@H]1O. The van der Waals surface area contributed by atoms with Crippen LogP contribution in [0.3, 0.4) is 0 Å². The predicted octanol–water partition coefficient (Wildman–Crippen LogP) is -4.09. The number of aliphatic carboxylic acids is 1. The summed E-state index contributed by atoms with van der Waals surface area (Å²) in [4.78, 5) is 22.9. The van der Waals surface area contributed by atoms with Gasteiger partial charge in [0.1, 0.15) is 42.7 Å². The zero-order valence-corrected chi connectivity index (χ0v) is 14.7. The lowest BCUT2D eigenvalue weighted by atomic mass is 9.94. The maximum atomic E-state index is 11.5. The van der Waals surface area contributed by atoms with Crippen molar-refractivity contribution in [3.05, 3.63) is 0 Å². The summed E-state index contributed by atoms with van der Waals surface area (Å²) >= 11 is 0. The molecule has 4 unspecified atom stereocenters. The van der Waals surface area contributed by atoms with E-state index in [1.807, 2.05) is 0 Å². The number of ether oxygens (including phenoxy) is 3. The molecule has 10 atom stereocenters. The smallest absolute Gasteiger partial charge is 0.335 e. The fourth-order valence-corrected chi connectivity index (χ4v) is 3.13. The third kappa shape index (κ3) is 4.55. The van der Waals surface area contributed by atoms with E-state index in [-0.39, 0.29) is 0 Å². The number of aliphatic hydroxyl groups is 5. The van der Waals surface area contributed by atoms with Crippen LogP contribution in [0.5, 0.6) is 0 Å². The minimum Gasteiger partial charge on any atom is -0.479 e. The summed E-state index contributed by atoms with van der Waals surface area (Å²) in [6.45, 7) is 1.81. The fraction of sp³-hybridized carbons (Fsp3) is 0.867. The molecule has 0 aromatic rings. The molecule has 2 aliphatic heterocycles. The molecule has 0 saturated carbocycles. The molecule has 0 aromatic heterocycles. The van der Waals surface area contributed by atoms with E-state index in [4.69, 9.17) is 14.2 Å². The van der Waals surface area contributed by atoms with Crippen LogP contribution in [0.1, 0.15) is 13.8 Å². The number of carboxylic acid groups (broad SMARTS) is 1. The number of aliphatic hydroxyl groups excluding tert-OH is 5. The Hall–Kier alpha value is -1.38. The zero-order chi connectivity index (χ0) is 20.5. The lowest BCUT2D eigenvalue weighted by Crippen LogP contribution is -2.67. The highest BCUT2D eigenvalue weighted by atomic mass is 16.7. The Kier molecular flexibility index (Phi) is 7.10. The maximum absolute atomic E-state index is 11.5. The highest BCUT2D eigenvalue weighted by Crippen LogP contribution is 2.29. The van der Waals surface area contributed by atoms with Crippen LogP contribution in [-0.2, 0) is 23.8 Å². The highest BCUT2D eigenvalue weighted by Gasteiger charge is 2.52. The normalized spacial score (nSPS) is 45.3. The lowest BCUT2D eigenvalue weighted by molar-refractivity contribution is -0.317. The molecule has 7 N–H and O–H groups in total. The second kappa shape index (κ2) is 8.75. The molecular weight excluding hydrogens is 370 g/mol. The minimum absolute atomic E-state index is 0.602. The molecule has 156 valence electrons. The zero-order valence-electron chi connectivity index (χ0n) is 14.7. The monoisotopic (exact) mass is 395 g/mol. The molecule has 2 heterocycles. The van der Waals surface area contributed by atoms with Gasteiger partial charge in [0, 0.05) is 6.92 Å². The molecule has 0 spiro atoms. The molecule has 0 bridgehead atoms.